The van der Waals surface area contributed by atoms with Gasteiger partial charge < -0.3 is 5.32 Å². The molecule has 28 heavy (non-hydrogen) atoms. The van der Waals surface area contributed by atoms with Gasteiger partial charge in [-0.05, 0) is 36.5 Å². The van der Waals surface area contributed by atoms with E-state index >= 15 is 0 Å². The molecule has 2 aromatic carbocycles. The number of amides is 1. The van der Waals surface area contributed by atoms with Gasteiger partial charge in [-0.2, -0.15) is 0 Å². The lowest BCUT2D eigenvalue weighted by molar-refractivity contribution is -0.534. The fourth-order valence-corrected chi connectivity index (χ4v) is 5.75. The maximum atomic E-state index is 13.3. The van der Waals surface area contributed by atoms with Crippen molar-refractivity contribution in [3.63, 3.8) is 0 Å². The standard InChI is InChI=1S/C22H23N3O3/c1-2-14-9-11-15(12-10-14)19-18-8-5-13-24(18)22(20(19)25(27)28)16-6-3-4-7-17(16)23-21(22)26/h3-4,6-7,9-12,18-20H,2,5,8,13H2,1H3,(H,23,26)/t18-,19+,20+,22+/m0/s1. The molecule has 0 aromatic heterocycles. The Balaban J connectivity index is 1.72. The maximum absolute atomic E-state index is 13.3. The summed E-state index contributed by atoms with van der Waals surface area (Å²) in [5.41, 5.74) is 2.40. The van der Waals surface area contributed by atoms with Gasteiger partial charge in [0, 0.05) is 28.8 Å². The number of rotatable bonds is 3. The van der Waals surface area contributed by atoms with Crippen LogP contribution in [0.1, 0.15) is 42.4 Å². The van der Waals surface area contributed by atoms with Crippen LogP contribution in [0.25, 0.3) is 0 Å². The third-order valence-electron chi connectivity index (χ3n) is 6.87. The minimum atomic E-state index is -1.23. The molecule has 1 spiro atoms. The van der Waals surface area contributed by atoms with E-state index in [2.05, 4.69) is 29.3 Å². The number of nitro groups is 1. The molecule has 2 fully saturated rings. The number of para-hydroxylation sites is 1. The minimum Gasteiger partial charge on any atom is -0.324 e. The van der Waals surface area contributed by atoms with Crippen LogP contribution < -0.4 is 5.32 Å². The van der Waals surface area contributed by atoms with E-state index in [1.54, 1.807) is 0 Å². The molecule has 0 aliphatic carbocycles. The first kappa shape index (κ1) is 17.4. The van der Waals surface area contributed by atoms with Crippen molar-refractivity contribution in [3.05, 3.63) is 75.3 Å². The van der Waals surface area contributed by atoms with Crippen LogP contribution in [0, 0.1) is 10.1 Å². The molecule has 5 rings (SSSR count). The Morgan fingerprint density at radius 3 is 2.68 bits per heavy atom. The summed E-state index contributed by atoms with van der Waals surface area (Å²) in [6.45, 7) is 2.80. The zero-order chi connectivity index (χ0) is 19.5. The summed E-state index contributed by atoms with van der Waals surface area (Å²) in [5, 5.41) is 15.4. The zero-order valence-corrected chi connectivity index (χ0v) is 15.8. The SMILES string of the molecule is CCc1ccc([C@@H]2[C@@H]3CCCN3[C@@]3(C(=O)Nc4ccccc43)[C@@H]2[N+](=O)[O-])cc1. The van der Waals surface area contributed by atoms with Gasteiger partial charge in [0.05, 0.1) is 5.92 Å². The topological polar surface area (TPSA) is 75.5 Å². The second-order valence-electron chi connectivity index (χ2n) is 8.02. The molecule has 0 bridgehead atoms. The van der Waals surface area contributed by atoms with Gasteiger partial charge in [0.15, 0.2) is 5.54 Å². The molecule has 3 aliphatic heterocycles. The average Bonchev–Trinajstić information content (AvgIpc) is 3.35. The summed E-state index contributed by atoms with van der Waals surface area (Å²) in [6.07, 6.45) is 2.76. The number of carbonyl (C=O) groups is 1. The first-order valence-electron chi connectivity index (χ1n) is 9.99. The monoisotopic (exact) mass is 377 g/mol. The first-order chi connectivity index (χ1) is 13.6. The molecule has 144 valence electrons. The minimum absolute atomic E-state index is 0.000201. The lowest BCUT2D eigenvalue weighted by Gasteiger charge is -2.32. The third kappa shape index (κ3) is 2.09. The van der Waals surface area contributed by atoms with Crippen LogP contribution in [-0.4, -0.2) is 34.4 Å². The van der Waals surface area contributed by atoms with Crippen LogP contribution in [0.2, 0.25) is 0 Å². The van der Waals surface area contributed by atoms with E-state index in [1.165, 1.54) is 5.56 Å². The lowest BCUT2D eigenvalue weighted by atomic mass is 9.77. The molecule has 3 aliphatic rings. The van der Waals surface area contributed by atoms with Crippen molar-refractivity contribution in [2.24, 2.45) is 0 Å². The van der Waals surface area contributed by atoms with Gasteiger partial charge in [0.25, 0.3) is 11.9 Å². The summed E-state index contributed by atoms with van der Waals surface area (Å²) in [7, 11) is 0. The Labute approximate surface area is 163 Å². The third-order valence-corrected chi connectivity index (χ3v) is 6.87. The predicted octanol–water partition coefficient (Wildman–Crippen LogP) is 3.30. The van der Waals surface area contributed by atoms with Gasteiger partial charge in [-0.25, -0.2) is 0 Å². The second-order valence-corrected chi connectivity index (χ2v) is 8.02. The van der Waals surface area contributed by atoms with E-state index in [0.717, 1.165) is 30.4 Å². The lowest BCUT2D eigenvalue weighted by Crippen LogP contribution is -2.55. The molecule has 1 amide bonds. The van der Waals surface area contributed by atoms with Crippen LogP contribution in [0.15, 0.2) is 48.5 Å². The summed E-state index contributed by atoms with van der Waals surface area (Å²) in [4.78, 5) is 27.7. The maximum Gasteiger partial charge on any atom is 0.256 e. The van der Waals surface area contributed by atoms with Crippen molar-refractivity contribution in [3.8, 4) is 0 Å². The van der Waals surface area contributed by atoms with E-state index in [4.69, 9.17) is 0 Å². The Hall–Kier alpha value is -2.73. The number of benzene rings is 2. The Bertz CT molecular complexity index is 958. The van der Waals surface area contributed by atoms with Crippen molar-refractivity contribution < 1.29 is 9.72 Å². The van der Waals surface area contributed by atoms with Crippen molar-refractivity contribution in [2.45, 2.75) is 49.7 Å². The summed E-state index contributed by atoms with van der Waals surface area (Å²) in [6, 6.07) is 14.6. The van der Waals surface area contributed by atoms with E-state index in [1.807, 2.05) is 36.4 Å². The van der Waals surface area contributed by atoms with Crippen molar-refractivity contribution in [1.29, 1.82) is 0 Å². The van der Waals surface area contributed by atoms with Crippen LogP contribution in [-0.2, 0) is 16.8 Å². The summed E-state index contributed by atoms with van der Waals surface area (Å²) >= 11 is 0. The quantitative estimate of drug-likeness (QED) is 0.658. The van der Waals surface area contributed by atoms with Crippen LogP contribution in [0.5, 0.6) is 0 Å². The number of carbonyl (C=O) groups excluding carboxylic acids is 1. The predicted molar refractivity (Wildman–Crippen MR) is 106 cm³/mol. The molecule has 6 heteroatoms. The Morgan fingerprint density at radius 2 is 1.96 bits per heavy atom. The van der Waals surface area contributed by atoms with Gasteiger partial charge >= 0.3 is 0 Å². The van der Waals surface area contributed by atoms with E-state index in [0.29, 0.717) is 12.2 Å². The molecular weight excluding hydrogens is 354 g/mol. The first-order valence-corrected chi connectivity index (χ1v) is 9.99. The van der Waals surface area contributed by atoms with E-state index in [-0.39, 0.29) is 22.8 Å². The van der Waals surface area contributed by atoms with E-state index in [9.17, 15) is 14.9 Å². The fraction of sp³-hybridized carbons (Fsp3) is 0.409. The number of fused-ring (bicyclic) bond motifs is 4. The molecule has 4 atom stereocenters. The van der Waals surface area contributed by atoms with Crippen molar-refractivity contribution >= 4 is 11.6 Å². The molecule has 1 N–H and O–H groups in total. The highest BCUT2D eigenvalue weighted by Gasteiger charge is 2.73. The van der Waals surface area contributed by atoms with Gasteiger partial charge in [0.1, 0.15) is 0 Å². The van der Waals surface area contributed by atoms with Crippen LogP contribution >= 0.6 is 0 Å². The molecule has 0 saturated carbocycles. The smallest absolute Gasteiger partial charge is 0.256 e. The number of hydrogen-bond acceptors (Lipinski definition) is 4. The highest BCUT2D eigenvalue weighted by atomic mass is 16.6. The Morgan fingerprint density at radius 1 is 1.21 bits per heavy atom. The van der Waals surface area contributed by atoms with Crippen molar-refractivity contribution in [1.82, 2.24) is 4.90 Å². The van der Waals surface area contributed by atoms with Gasteiger partial charge in [0.2, 0.25) is 0 Å². The number of anilines is 1. The number of nitrogens with zero attached hydrogens (tertiary/aromatic N) is 2. The van der Waals surface area contributed by atoms with Gasteiger partial charge in [-0.15, -0.1) is 0 Å². The van der Waals surface area contributed by atoms with Gasteiger partial charge in [-0.3, -0.25) is 19.8 Å². The summed E-state index contributed by atoms with van der Waals surface area (Å²) in [5.74, 6) is -0.560. The Kier molecular flexibility index (Phi) is 3.81. The van der Waals surface area contributed by atoms with Crippen molar-refractivity contribution in [2.75, 3.05) is 11.9 Å². The number of nitrogens with one attached hydrogen (secondary N) is 1. The molecular formula is C22H23N3O3. The van der Waals surface area contributed by atoms with Gasteiger partial charge in [-0.1, -0.05) is 49.4 Å². The van der Waals surface area contributed by atoms with Crippen LogP contribution in [0.4, 0.5) is 5.69 Å². The zero-order valence-electron chi connectivity index (χ0n) is 15.8. The molecule has 3 heterocycles. The fourth-order valence-electron chi connectivity index (χ4n) is 5.75. The van der Waals surface area contributed by atoms with Crippen LogP contribution in [0.3, 0.4) is 0 Å². The normalized spacial score (nSPS) is 31.0. The number of aryl methyl sites for hydroxylation is 1. The number of hydrogen-bond donors (Lipinski definition) is 1. The van der Waals surface area contributed by atoms with E-state index < -0.39 is 11.6 Å². The molecule has 2 aromatic rings. The summed E-state index contributed by atoms with van der Waals surface area (Å²) < 4.78 is 0. The molecule has 2 saturated heterocycles. The molecule has 0 unspecified atom stereocenters. The largest absolute Gasteiger partial charge is 0.324 e. The average molecular weight is 377 g/mol. The molecule has 0 radical (unpaired) electrons. The second kappa shape index (κ2) is 6.14. The highest BCUT2D eigenvalue weighted by molar-refractivity contribution is 6.07. The highest BCUT2D eigenvalue weighted by Crippen LogP contribution is 2.57. The molecule has 6 nitrogen and oxygen atoms in total.